The van der Waals surface area contributed by atoms with E-state index >= 15 is 0 Å². The predicted molar refractivity (Wildman–Crippen MR) is 105 cm³/mol. The SMILES string of the molecule is CCCCC1C(c2ccc(F)cc2)=NN(c2cc(F)ccc2F)C1(C)C(=O)OC. The maximum atomic E-state index is 14.6. The number of nitrogens with zero attached hydrogens (tertiary/aromatic N) is 2. The molecule has 2 atom stereocenters. The summed E-state index contributed by atoms with van der Waals surface area (Å²) in [7, 11) is 1.25. The van der Waals surface area contributed by atoms with Gasteiger partial charge in [-0.2, -0.15) is 5.10 Å². The highest BCUT2D eigenvalue weighted by atomic mass is 19.1. The van der Waals surface area contributed by atoms with Crippen LogP contribution >= 0.6 is 0 Å². The number of carbonyl (C=O) groups excluding carboxylic acids is 1. The lowest BCUT2D eigenvalue weighted by Crippen LogP contribution is -2.54. The Morgan fingerprint density at radius 1 is 1.14 bits per heavy atom. The summed E-state index contributed by atoms with van der Waals surface area (Å²) in [4.78, 5) is 12.9. The number of hydrogen-bond acceptors (Lipinski definition) is 4. The van der Waals surface area contributed by atoms with E-state index in [1.54, 1.807) is 19.1 Å². The fraction of sp³-hybridized carbons (Fsp3) is 0.364. The monoisotopic (exact) mass is 404 g/mol. The Hall–Kier alpha value is -2.83. The number of anilines is 1. The van der Waals surface area contributed by atoms with Crippen molar-refractivity contribution in [3.8, 4) is 0 Å². The van der Waals surface area contributed by atoms with Gasteiger partial charge in [0.25, 0.3) is 0 Å². The van der Waals surface area contributed by atoms with Crippen molar-refractivity contribution in [2.45, 2.75) is 38.6 Å². The third-order valence-corrected chi connectivity index (χ3v) is 5.38. The number of rotatable bonds is 6. The van der Waals surface area contributed by atoms with E-state index in [0.29, 0.717) is 17.7 Å². The second-order valence-electron chi connectivity index (χ2n) is 7.23. The maximum Gasteiger partial charge on any atom is 0.334 e. The van der Waals surface area contributed by atoms with E-state index in [2.05, 4.69) is 5.10 Å². The number of benzene rings is 2. The van der Waals surface area contributed by atoms with E-state index in [-0.39, 0.29) is 5.69 Å². The minimum absolute atomic E-state index is 0.156. The molecule has 2 aromatic carbocycles. The molecule has 2 unspecified atom stereocenters. The summed E-state index contributed by atoms with van der Waals surface area (Å²) >= 11 is 0. The molecule has 3 rings (SSSR count). The van der Waals surface area contributed by atoms with Crippen molar-refractivity contribution in [2.24, 2.45) is 11.0 Å². The predicted octanol–water partition coefficient (Wildman–Crippen LogP) is 5.07. The van der Waals surface area contributed by atoms with Gasteiger partial charge in [0.05, 0.1) is 18.5 Å². The van der Waals surface area contributed by atoms with Gasteiger partial charge in [-0.25, -0.2) is 23.0 Å². The molecule has 0 saturated heterocycles. The molecule has 2 aromatic rings. The number of methoxy groups -OCH3 is 1. The Morgan fingerprint density at radius 3 is 2.41 bits per heavy atom. The maximum absolute atomic E-state index is 14.6. The van der Waals surface area contributed by atoms with Crippen LogP contribution in [0.1, 0.15) is 38.7 Å². The van der Waals surface area contributed by atoms with Crippen LogP contribution in [0.3, 0.4) is 0 Å². The van der Waals surface area contributed by atoms with Crippen LogP contribution in [-0.2, 0) is 9.53 Å². The number of hydrogen-bond donors (Lipinski definition) is 0. The first-order chi connectivity index (χ1) is 13.8. The highest BCUT2D eigenvalue weighted by Gasteiger charge is 2.55. The van der Waals surface area contributed by atoms with Gasteiger partial charge >= 0.3 is 5.97 Å². The number of ether oxygens (including phenoxy) is 1. The number of hydrazone groups is 1. The molecular weight excluding hydrogens is 381 g/mol. The van der Waals surface area contributed by atoms with Gasteiger partial charge in [0, 0.05) is 12.0 Å². The van der Waals surface area contributed by atoms with Crippen molar-refractivity contribution >= 4 is 17.4 Å². The minimum atomic E-state index is -1.39. The lowest BCUT2D eigenvalue weighted by Gasteiger charge is -2.36. The van der Waals surface area contributed by atoms with E-state index in [0.717, 1.165) is 31.0 Å². The van der Waals surface area contributed by atoms with Crippen LogP contribution in [0.15, 0.2) is 47.6 Å². The van der Waals surface area contributed by atoms with E-state index < -0.39 is 34.9 Å². The van der Waals surface area contributed by atoms with Crippen LogP contribution in [0.4, 0.5) is 18.9 Å². The van der Waals surface area contributed by atoms with Crippen LogP contribution in [0, 0.1) is 23.4 Å². The number of unbranched alkanes of at least 4 members (excludes halogenated alkanes) is 1. The van der Waals surface area contributed by atoms with E-state index in [1.807, 2.05) is 6.92 Å². The normalized spacial score (nSPS) is 21.2. The number of esters is 1. The molecule has 0 bridgehead atoms. The molecule has 29 heavy (non-hydrogen) atoms. The Bertz CT molecular complexity index is 930. The van der Waals surface area contributed by atoms with Crippen molar-refractivity contribution in [1.29, 1.82) is 0 Å². The first kappa shape index (κ1) is 20.9. The molecule has 154 valence electrons. The topological polar surface area (TPSA) is 41.9 Å². The third-order valence-electron chi connectivity index (χ3n) is 5.38. The minimum Gasteiger partial charge on any atom is -0.467 e. The summed E-state index contributed by atoms with van der Waals surface area (Å²) in [6, 6.07) is 8.74. The summed E-state index contributed by atoms with van der Waals surface area (Å²) in [6.45, 7) is 3.63. The van der Waals surface area contributed by atoms with Crippen LogP contribution < -0.4 is 5.01 Å². The molecule has 0 N–H and O–H groups in total. The number of halogens is 3. The second-order valence-corrected chi connectivity index (χ2v) is 7.23. The van der Waals surface area contributed by atoms with Crippen molar-refractivity contribution in [3.63, 3.8) is 0 Å². The molecule has 7 heteroatoms. The molecule has 1 aliphatic rings. The van der Waals surface area contributed by atoms with Crippen LogP contribution in [0.5, 0.6) is 0 Å². The van der Waals surface area contributed by atoms with Gasteiger partial charge in [-0.15, -0.1) is 0 Å². The van der Waals surface area contributed by atoms with Crippen molar-refractivity contribution in [1.82, 2.24) is 0 Å². The summed E-state index contributed by atoms with van der Waals surface area (Å²) in [5, 5.41) is 5.74. The Balaban J connectivity index is 2.21. The zero-order valence-corrected chi connectivity index (χ0v) is 16.6. The number of carbonyl (C=O) groups is 1. The van der Waals surface area contributed by atoms with Crippen LogP contribution in [0.25, 0.3) is 0 Å². The van der Waals surface area contributed by atoms with Gasteiger partial charge in [-0.05, 0) is 43.2 Å². The largest absolute Gasteiger partial charge is 0.467 e. The average Bonchev–Trinajstić information content (AvgIpc) is 3.01. The van der Waals surface area contributed by atoms with Crippen molar-refractivity contribution in [3.05, 3.63) is 65.5 Å². The van der Waals surface area contributed by atoms with Crippen molar-refractivity contribution < 1.29 is 22.7 Å². The zero-order chi connectivity index (χ0) is 21.2. The van der Waals surface area contributed by atoms with E-state index in [4.69, 9.17) is 4.74 Å². The highest BCUT2D eigenvalue weighted by molar-refractivity contribution is 6.09. The highest BCUT2D eigenvalue weighted by Crippen LogP contribution is 2.43. The zero-order valence-electron chi connectivity index (χ0n) is 16.6. The fourth-order valence-electron chi connectivity index (χ4n) is 3.79. The van der Waals surface area contributed by atoms with Crippen LogP contribution in [0.2, 0.25) is 0 Å². The summed E-state index contributed by atoms with van der Waals surface area (Å²) in [6.07, 6.45) is 2.24. The van der Waals surface area contributed by atoms with E-state index in [1.165, 1.54) is 24.3 Å². The summed E-state index contributed by atoms with van der Waals surface area (Å²) in [5.74, 6) is -2.82. The molecule has 0 aliphatic carbocycles. The third kappa shape index (κ3) is 3.73. The molecule has 4 nitrogen and oxygen atoms in total. The van der Waals surface area contributed by atoms with Gasteiger partial charge in [0.15, 0.2) is 5.54 Å². The smallest absolute Gasteiger partial charge is 0.334 e. The van der Waals surface area contributed by atoms with E-state index in [9.17, 15) is 18.0 Å². The molecule has 0 radical (unpaired) electrons. The van der Waals surface area contributed by atoms with Gasteiger partial charge in [0.2, 0.25) is 0 Å². The van der Waals surface area contributed by atoms with Crippen LogP contribution in [-0.4, -0.2) is 24.3 Å². The Labute approximate surface area is 168 Å². The fourth-order valence-corrected chi connectivity index (χ4v) is 3.79. The molecule has 0 fully saturated rings. The molecule has 0 spiro atoms. The van der Waals surface area contributed by atoms with Gasteiger partial charge in [0.1, 0.15) is 17.5 Å². The molecule has 1 aliphatic heterocycles. The molecule has 0 saturated carbocycles. The lowest BCUT2D eigenvalue weighted by atomic mass is 9.77. The standard InChI is InChI=1S/C22H23F3N2O2/c1-4-5-6-17-20(14-7-9-15(23)10-8-14)26-27(22(17,2)21(28)29-3)19-13-16(24)11-12-18(19)25/h7-13,17H,4-6H2,1-3H3. The second kappa shape index (κ2) is 8.27. The first-order valence-electron chi connectivity index (χ1n) is 9.51. The van der Waals surface area contributed by atoms with Crippen molar-refractivity contribution in [2.75, 3.05) is 12.1 Å². The first-order valence-corrected chi connectivity index (χ1v) is 9.51. The molecule has 0 aromatic heterocycles. The summed E-state index contributed by atoms with van der Waals surface area (Å²) in [5.41, 5.74) is -0.420. The summed E-state index contributed by atoms with van der Waals surface area (Å²) < 4.78 is 47.0. The molecule has 0 amide bonds. The quantitative estimate of drug-likeness (QED) is 0.632. The molecular formula is C22H23F3N2O2. The lowest BCUT2D eigenvalue weighted by molar-refractivity contribution is -0.147. The average molecular weight is 404 g/mol. The Kier molecular flexibility index (Phi) is 5.96. The molecule has 1 heterocycles. The Morgan fingerprint density at radius 2 is 1.79 bits per heavy atom. The van der Waals surface area contributed by atoms with Gasteiger partial charge in [-0.3, -0.25) is 0 Å². The van der Waals surface area contributed by atoms with Gasteiger partial charge < -0.3 is 4.74 Å². The van der Waals surface area contributed by atoms with Gasteiger partial charge in [-0.1, -0.05) is 31.9 Å².